The minimum absolute atomic E-state index is 0.208. The molecule has 1 aliphatic carbocycles. The Kier molecular flexibility index (Phi) is 6.45. The second-order valence-electron chi connectivity index (χ2n) is 5.76. The van der Waals surface area contributed by atoms with Crippen molar-refractivity contribution in [1.82, 2.24) is 15.5 Å². The Bertz CT molecular complexity index is 398. The molecule has 3 atom stereocenters. The molecular formula is C14H25N3O4. The molecule has 0 radical (unpaired) electrons. The summed E-state index contributed by atoms with van der Waals surface area (Å²) in [6.45, 7) is 1.60. The largest absolute Gasteiger partial charge is 0.481 e. The van der Waals surface area contributed by atoms with Crippen LogP contribution in [0.15, 0.2) is 0 Å². The number of amides is 3. The summed E-state index contributed by atoms with van der Waals surface area (Å²) >= 11 is 0. The van der Waals surface area contributed by atoms with Crippen LogP contribution in [-0.2, 0) is 9.59 Å². The minimum Gasteiger partial charge on any atom is -0.481 e. The van der Waals surface area contributed by atoms with Crippen LogP contribution in [0.3, 0.4) is 0 Å². The number of nitrogens with zero attached hydrogens (tertiary/aromatic N) is 1. The van der Waals surface area contributed by atoms with Gasteiger partial charge in [-0.3, -0.25) is 9.59 Å². The maximum Gasteiger partial charge on any atom is 0.315 e. The lowest BCUT2D eigenvalue weighted by molar-refractivity contribution is -0.142. The Hall–Kier alpha value is -1.79. The molecule has 1 rings (SSSR count). The highest BCUT2D eigenvalue weighted by Crippen LogP contribution is 2.23. The van der Waals surface area contributed by atoms with Gasteiger partial charge < -0.3 is 20.6 Å². The second-order valence-corrected chi connectivity index (χ2v) is 5.76. The number of carbonyl (C=O) groups is 3. The van der Waals surface area contributed by atoms with Crippen LogP contribution in [0.1, 0.15) is 39.0 Å². The Morgan fingerprint density at radius 3 is 2.33 bits per heavy atom. The number of urea groups is 1. The summed E-state index contributed by atoms with van der Waals surface area (Å²) in [5.74, 6) is -1.64. The fraction of sp³-hybridized carbons (Fsp3) is 0.786. The van der Waals surface area contributed by atoms with E-state index in [-0.39, 0.29) is 11.9 Å². The molecule has 3 N–H and O–H groups in total. The first-order chi connectivity index (χ1) is 9.82. The smallest absolute Gasteiger partial charge is 0.315 e. The van der Waals surface area contributed by atoms with Gasteiger partial charge in [0.05, 0.1) is 5.92 Å². The van der Waals surface area contributed by atoms with Gasteiger partial charge in [-0.05, 0) is 19.8 Å². The number of hydrogen-bond acceptors (Lipinski definition) is 3. The maximum absolute atomic E-state index is 11.9. The normalized spacial score (nSPS) is 23.6. The fourth-order valence-corrected chi connectivity index (χ4v) is 2.63. The number of hydrogen-bond donors (Lipinski definition) is 3. The molecule has 7 heteroatoms. The molecule has 1 fully saturated rings. The Labute approximate surface area is 125 Å². The predicted octanol–water partition coefficient (Wildman–Crippen LogP) is 0.796. The summed E-state index contributed by atoms with van der Waals surface area (Å²) in [4.78, 5) is 36.3. The average Bonchev–Trinajstić information content (AvgIpc) is 2.62. The van der Waals surface area contributed by atoms with Gasteiger partial charge in [-0.25, -0.2) is 4.79 Å². The van der Waals surface area contributed by atoms with Crippen LogP contribution >= 0.6 is 0 Å². The molecule has 7 nitrogen and oxygen atoms in total. The van der Waals surface area contributed by atoms with Crippen molar-refractivity contribution in [3.05, 3.63) is 0 Å². The van der Waals surface area contributed by atoms with Gasteiger partial charge in [0.25, 0.3) is 0 Å². The van der Waals surface area contributed by atoms with Crippen LogP contribution in [0.25, 0.3) is 0 Å². The first kappa shape index (κ1) is 17.3. The van der Waals surface area contributed by atoms with E-state index in [1.54, 1.807) is 21.0 Å². The second kappa shape index (κ2) is 7.85. The minimum atomic E-state index is -0.875. The number of rotatable bonds is 4. The average molecular weight is 299 g/mol. The molecule has 3 amide bonds. The number of aliphatic carboxylic acids is 1. The molecule has 0 aromatic heterocycles. The van der Waals surface area contributed by atoms with Gasteiger partial charge in [0, 0.05) is 20.1 Å². The van der Waals surface area contributed by atoms with Crippen molar-refractivity contribution < 1.29 is 19.5 Å². The van der Waals surface area contributed by atoms with E-state index in [4.69, 9.17) is 0 Å². The third kappa shape index (κ3) is 5.24. The van der Waals surface area contributed by atoms with E-state index in [1.807, 2.05) is 0 Å². The zero-order valence-corrected chi connectivity index (χ0v) is 12.9. The quantitative estimate of drug-likeness (QED) is 0.668. The van der Waals surface area contributed by atoms with Gasteiger partial charge in [0.15, 0.2) is 0 Å². The molecule has 1 saturated carbocycles. The molecule has 0 heterocycles. The number of carboxylic acids is 1. The predicted molar refractivity (Wildman–Crippen MR) is 77.8 cm³/mol. The van der Waals surface area contributed by atoms with E-state index in [0.29, 0.717) is 12.8 Å². The zero-order chi connectivity index (χ0) is 16.0. The monoisotopic (exact) mass is 299 g/mol. The van der Waals surface area contributed by atoms with E-state index in [2.05, 4.69) is 10.6 Å². The standard InChI is InChI=1S/C14H25N3O4/c1-9(12(18)17(2)3)15-14(21)16-11-8-6-4-5-7-10(11)13(19)20/h9-11H,4-8H2,1-3H3,(H,19,20)(H2,15,16,21). The SMILES string of the molecule is CC(NC(=O)NC1CCCCCC1C(=O)O)C(=O)N(C)C. The Balaban J connectivity index is 2.58. The summed E-state index contributed by atoms with van der Waals surface area (Å²) in [6.07, 6.45) is 3.99. The number of carboxylic acid groups (broad SMARTS) is 1. The van der Waals surface area contributed by atoms with Crippen molar-refractivity contribution in [2.24, 2.45) is 5.92 Å². The molecule has 120 valence electrons. The van der Waals surface area contributed by atoms with Crippen LogP contribution < -0.4 is 10.6 Å². The summed E-state index contributed by atoms with van der Waals surface area (Å²) < 4.78 is 0. The van der Waals surface area contributed by atoms with Crippen LogP contribution in [0.5, 0.6) is 0 Å². The third-order valence-corrected chi connectivity index (χ3v) is 3.81. The van der Waals surface area contributed by atoms with Crippen LogP contribution in [0.2, 0.25) is 0 Å². The van der Waals surface area contributed by atoms with E-state index in [0.717, 1.165) is 19.3 Å². The van der Waals surface area contributed by atoms with Gasteiger partial charge in [0.1, 0.15) is 6.04 Å². The molecule has 0 saturated heterocycles. The molecule has 1 aliphatic rings. The molecule has 0 aromatic rings. The van der Waals surface area contributed by atoms with Crippen molar-refractivity contribution in [3.8, 4) is 0 Å². The maximum atomic E-state index is 11.9. The van der Waals surface area contributed by atoms with Gasteiger partial charge >= 0.3 is 12.0 Å². The van der Waals surface area contributed by atoms with Crippen molar-refractivity contribution >= 4 is 17.9 Å². The van der Waals surface area contributed by atoms with Gasteiger partial charge in [-0.1, -0.05) is 19.3 Å². The lowest BCUT2D eigenvalue weighted by Gasteiger charge is -2.24. The topological polar surface area (TPSA) is 98.7 Å². The lowest BCUT2D eigenvalue weighted by atomic mass is 9.95. The van der Waals surface area contributed by atoms with Gasteiger partial charge in [-0.2, -0.15) is 0 Å². The Morgan fingerprint density at radius 2 is 1.76 bits per heavy atom. The van der Waals surface area contributed by atoms with E-state index in [9.17, 15) is 19.5 Å². The van der Waals surface area contributed by atoms with E-state index < -0.39 is 24.0 Å². The molecule has 0 bridgehead atoms. The van der Waals surface area contributed by atoms with Crippen molar-refractivity contribution in [2.45, 2.75) is 51.1 Å². The molecule has 0 spiro atoms. The highest BCUT2D eigenvalue weighted by atomic mass is 16.4. The molecule has 0 aliphatic heterocycles. The zero-order valence-electron chi connectivity index (χ0n) is 12.9. The van der Waals surface area contributed by atoms with Crippen LogP contribution in [0.4, 0.5) is 4.79 Å². The third-order valence-electron chi connectivity index (χ3n) is 3.81. The molecule has 21 heavy (non-hydrogen) atoms. The van der Waals surface area contributed by atoms with Crippen LogP contribution in [-0.4, -0.2) is 54.1 Å². The lowest BCUT2D eigenvalue weighted by Crippen LogP contribution is -2.52. The number of nitrogens with one attached hydrogen (secondary N) is 2. The highest BCUT2D eigenvalue weighted by molar-refractivity contribution is 5.86. The van der Waals surface area contributed by atoms with E-state index >= 15 is 0 Å². The molecule has 3 unspecified atom stereocenters. The summed E-state index contributed by atoms with van der Waals surface area (Å²) in [5.41, 5.74) is 0. The van der Waals surface area contributed by atoms with Gasteiger partial charge in [-0.15, -0.1) is 0 Å². The molecule has 0 aromatic carbocycles. The first-order valence-corrected chi connectivity index (χ1v) is 7.34. The summed E-state index contributed by atoms with van der Waals surface area (Å²) in [5, 5.41) is 14.5. The summed E-state index contributed by atoms with van der Waals surface area (Å²) in [6, 6.07) is -1.52. The van der Waals surface area contributed by atoms with Crippen molar-refractivity contribution in [3.63, 3.8) is 0 Å². The summed E-state index contributed by atoms with van der Waals surface area (Å²) in [7, 11) is 3.23. The van der Waals surface area contributed by atoms with Crippen molar-refractivity contribution in [1.29, 1.82) is 0 Å². The molecular weight excluding hydrogens is 274 g/mol. The van der Waals surface area contributed by atoms with Crippen molar-refractivity contribution in [2.75, 3.05) is 14.1 Å². The number of likely N-dealkylation sites (N-methyl/N-ethyl adjacent to an activating group) is 1. The first-order valence-electron chi connectivity index (χ1n) is 7.34. The van der Waals surface area contributed by atoms with Gasteiger partial charge in [0.2, 0.25) is 5.91 Å². The number of carbonyl (C=O) groups excluding carboxylic acids is 2. The fourth-order valence-electron chi connectivity index (χ4n) is 2.63. The highest BCUT2D eigenvalue weighted by Gasteiger charge is 2.31. The van der Waals surface area contributed by atoms with E-state index in [1.165, 1.54) is 4.90 Å². The Morgan fingerprint density at radius 1 is 1.14 bits per heavy atom. The van der Waals surface area contributed by atoms with Crippen LogP contribution in [0, 0.1) is 5.92 Å².